The van der Waals surface area contributed by atoms with Gasteiger partial charge in [-0.15, -0.1) is 5.10 Å². The van der Waals surface area contributed by atoms with Crippen molar-refractivity contribution in [1.29, 1.82) is 0 Å². The number of aromatic carboxylic acids is 1. The van der Waals surface area contributed by atoms with E-state index in [-0.39, 0.29) is 29.2 Å². The molecule has 2 amide bonds. The van der Waals surface area contributed by atoms with Crippen molar-refractivity contribution in [2.24, 2.45) is 0 Å². The van der Waals surface area contributed by atoms with Gasteiger partial charge in [0.1, 0.15) is 6.04 Å². The Kier molecular flexibility index (Phi) is 9.13. The zero-order valence-electron chi connectivity index (χ0n) is 22.5. The van der Waals surface area contributed by atoms with Crippen LogP contribution < -0.4 is 20.9 Å². The van der Waals surface area contributed by atoms with Crippen LogP contribution in [0.2, 0.25) is 5.02 Å². The highest BCUT2D eigenvalue weighted by molar-refractivity contribution is 6.31. The lowest BCUT2D eigenvalue weighted by atomic mass is 9.98. The van der Waals surface area contributed by atoms with Gasteiger partial charge in [-0.05, 0) is 72.6 Å². The molecule has 0 bridgehead atoms. The largest absolute Gasteiger partial charge is 0.480 e. The van der Waals surface area contributed by atoms with Crippen LogP contribution in [0, 0.1) is 0 Å². The Bertz CT molecular complexity index is 1720. The monoisotopic (exact) mass is 588 g/mol. The Morgan fingerprint density at radius 2 is 1.67 bits per heavy atom. The summed E-state index contributed by atoms with van der Waals surface area (Å²) >= 11 is 6.19. The van der Waals surface area contributed by atoms with E-state index in [9.17, 15) is 24.0 Å². The fourth-order valence-electron chi connectivity index (χ4n) is 4.31. The van der Waals surface area contributed by atoms with Crippen LogP contribution in [-0.2, 0) is 16.0 Å². The highest BCUT2D eigenvalue weighted by Crippen LogP contribution is 2.33. The number of carboxylic acid groups (broad SMARTS) is 1. The van der Waals surface area contributed by atoms with E-state index in [0.29, 0.717) is 39.5 Å². The Labute approximate surface area is 244 Å². The number of methoxy groups -OCH3 is 1. The Hall–Kier alpha value is -5.29. The van der Waals surface area contributed by atoms with Crippen LogP contribution in [0.25, 0.3) is 11.1 Å². The lowest BCUT2D eigenvalue weighted by Gasteiger charge is -2.21. The first-order valence-corrected chi connectivity index (χ1v) is 12.9. The molecule has 11 nitrogen and oxygen atoms in total. The van der Waals surface area contributed by atoms with Crippen LogP contribution >= 0.6 is 11.6 Å². The summed E-state index contributed by atoms with van der Waals surface area (Å²) in [6.07, 6.45) is 0.557. The number of carbonyl (C=O) groups is 4. The Balaban J connectivity index is 1.79. The summed E-state index contributed by atoms with van der Waals surface area (Å²) in [5.74, 6) is -2.00. The van der Waals surface area contributed by atoms with E-state index in [1.807, 2.05) is 0 Å². The van der Waals surface area contributed by atoms with Crippen LogP contribution in [-0.4, -0.2) is 46.1 Å². The van der Waals surface area contributed by atoms with Gasteiger partial charge >= 0.3 is 5.97 Å². The molecule has 1 heterocycles. The van der Waals surface area contributed by atoms with Crippen molar-refractivity contribution in [3.8, 4) is 17.0 Å². The van der Waals surface area contributed by atoms with E-state index in [4.69, 9.17) is 21.4 Å². The van der Waals surface area contributed by atoms with E-state index in [1.54, 1.807) is 36.4 Å². The smallest absolute Gasteiger partial charge is 0.335 e. The average molecular weight is 589 g/mol. The lowest BCUT2D eigenvalue weighted by molar-refractivity contribution is -0.119. The summed E-state index contributed by atoms with van der Waals surface area (Å²) in [7, 11) is 1.34. The molecule has 42 heavy (non-hydrogen) atoms. The van der Waals surface area contributed by atoms with Gasteiger partial charge in [0.05, 0.1) is 18.2 Å². The van der Waals surface area contributed by atoms with Gasteiger partial charge < -0.3 is 20.5 Å². The van der Waals surface area contributed by atoms with E-state index < -0.39 is 23.5 Å². The highest BCUT2D eigenvalue weighted by atomic mass is 35.5. The van der Waals surface area contributed by atoms with Crippen LogP contribution in [0.5, 0.6) is 5.88 Å². The van der Waals surface area contributed by atoms with Crippen LogP contribution in [0.1, 0.15) is 39.2 Å². The summed E-state index contributed by atoms with van der Waals surface area (Å²) < 4.78 is 6.48. The number of anilines is 2. The minimum absolute atomic E-state index is 0.0195. The zero-order chi connectivity index (χ0) is 30.4. The Morgan fingerprint density at radius 1 is 1.00 bits per heavy atom. The minimum Gasteiger partial charge on any atom is -0.480 e. The molecule has 3 aromatic carbocycles. The van der Waals surface area contributed by atoms with E-state index in [1.165, 1.54) is 50.4 Å². The van der Waals surface area contributed by atoms with Gasteiger partial charge in [-0.1, -0.05) is 23.7 Å². The second-order valence-corrected chi connectivity index (χ2v) is 9.58. The average Bonchev–Trinajstić information content (AvgIpc) is 2.97. The van der Waals surface area contributed by atoms with Crippen molar-refractivity contribution in [1.82, 2.24) is 9.78 Å². The lowest BCUT2D eigenvalue weighted by Crippen LogP contribution is -2.36. The number of halogens is 1. The van der Waals surface area contributed by atoms with Crippen LogP contribution in [0.15, 0.2) is 77.6 Å². The number of carbonyl (C=O) groups excluding carboxylic acids is 3. The second kappa shape index (κ2) is 12.9. The molecule has 0 aliphatic carbocycles. The molecular weight excluding hydrogens is 564 g/mol. The molecule has 0 radical (unpaired) electrons. The molecule has 0 fully saturated rings. The van der Waals surface area contributed by atoms with Crippen molar-refractivity contribution in [3.63, 3.8) is 0 Å². The minimum atomic E-state index is -1.18. The number of carboxylic acids is 1. The molecule has 214 valence electrons. The molecule has 12 heteroatoms. The van der Waals surface area contributed by atoms with Gasteiger partial charge in [0, 0.05) is 34.4 Å². The van der Waals surface area contributed by atoms with Crippen molar-refractivity contribution in [3.05, 3.63) is 105 Å². The number of hydrogen-bond donors (Lipinski definition) is 3. The molecule has 0 aliphatic heterocycles. The number of nitrogens with one attached hydrogen (secondary N) is 2. The normalized spacial score (nSPS) is 11.3. The fourth-order valence-corrected chi connectivity index (χ4v) is 4.48. The predicted molar refractivity (Wildman–Crippen MR) is 156 cm³/mol. The number of amides is 2. The predicted octanol–water partition coefficient (Wildman–Crippen LogP) is 4.46. The van der Waals surface area contributed by atoms with Crippen LogP contribution in [0.3, 0.4) is 0 Å². The first-order chi connectivity index (χ1) is 20.1. The SMILES string of the molecule is COc1nn(C(Cc2ccc(NC=O)cc2)C(=O)Nc2ccc(C(=O)O)cc2)c(=O)cc1-c1cc(Cl)ccc1C(C)=O. The quantitative estimate of drug-likeness (QED) is 0.171. The second-order valence-electron chi connectivity index (χ2n) is 9.15. The fraction of sp³-hybridized carbons (Fsp3) is 0.133. The number of ketones is 1. The van der Waals surface area contributed by atoms with E-state index in [2.05, 4.69) is 15.7 Å². The number of ether oxygens (including phenoxy) is 1. The van der Waals surface area contributed by atoms with Gasteiger partial charge in [-0.25, -0.2) is 9.48 Å². The summed E-state index contributed by atoms with van der Waals surface area (Å²) in [6.45, 7) is 1.38. The molecule has 4 aromatic rings. The van der Waals surface area contributed by atoms with Gasteiger partial charge in [-0.2, -0.15) is 0 Å². The van der Waals surface area contributed by atoms with Crippen molar-refractivity contribution in [2.45, 2.75) is 19.4 Å². The molecule has 1 atom stereocenters. The van der Waals surface area contributed by atoms with E-state index >= 15 is 0 Å². The number of Topliss-reactive ketones (excluding diaryl/α,β-unsaturated/α-hetero) is 1. The first-order valence-electron chi connectivity index (χ1n) is 12.5. The maximum absolute atomic E-state index is 13.6. The first kappa shape index (κ1) is 29.7. The molecule has 0 aliphatic rings. The van der Waals surface area contributed by atoms with Gasteiger partial charge in [0.25, 0.3) is 5.56 Å². The molecule has 4 rings (SSSR count). The van der Waals surface area contributed by atoms with Gasteiger partial charge in [0.15, 0.2) is 5.78 Å². The summed E-state index contributed by atoms with van der Waals surface area (Å²) in [5.41, 5.74) is 1.76. The summed E-state index contributed by atoms with van der Waals surface area (Å²) in [5, 5.41) is 19.1. The number of hydrogen-bond acceptors (Lipinski definition) is 7. The zero-order valence-corrected chi connectivity index (χ0v) is 23.2. The van der Waals surface area contributed by atoms with Gasteiger partial charge in [0.2, 0.25) is 18.2 Å². The topological polar surface area (TPSA) is 157 Å². The highest BCUT2D eigenvalue weighted by Gasteiger charge is 2.26. The number of benzene rings is 3. The molecular formula is C30H25ClN4O7. The molecule has 1 aromatic heterocycles. The summed E-state index contributed by atoms with van der Waals surface area (Å²) in [4.78, 5) is 61.4. The molecule has 0 saturated carbocycles. The Morgan fingerprint density at radius 3 is 2.26 bits per heavy atom. The maximum Gasteiger partial charge on any atom is 0.335 e. The van der Waals surface area contributed by atoms with Crippen molar-refractivity contribution < 1.29 is 29.0 Å². The number of rotatable bonds is 11. The standard InChI is InChI=1S/C30H25ClN4O7/c1-17(37)23-12-7-20(31)14-24(23)25-15-27(38)35(34-29(25)42-2)26(13-18-3-8-21(9-4-18)32-16-36)28(39)33-22-10-5-19(6-11-22)30(40)41/h3-12,14-16,26H,13H2,1-2H3,(H,32,36)(H,33,39)(H,40,41). The van der Waals surface area contributed by atoms with Crippen molar-refractivity contribution in [2.75, 3.05) is 17.7 Å². The third kappa shape index (κ3) is 6.70. The summed E-state index contributed by atoms with van der Waals surface area (Å²) in [6, 6.07) is 16.9. The number of aromatic nitrogens is 2. The third-order valence-corrected chi connectivity index (χ3v) is 6.61. The van der Waals surface area contributed by atoms with Crippen molar-refractivity contribution >= 4 is 47.0 Å². The third-order valence-electron chi connectivity index (χ3n) is 6.37. The van der Waals surface area contributed by atoms with Crippen LogP contribution in [0.4, 0.5) is 11.4 Å². The molecule has 0 spiro atoms. The maximum atomic E-state index is 13.6. The van der Waals surface area contributed by atoms with Gasteiger partial charge in [-0.3, -0.25) is 19.2 Å². The molecule has 0 saturated heterocycles. The number of nitrogens with zero attached hydrogens (tertiary/aromatic N) is 2. The van der Waals surface area contributed by atoms with E-state index in [0.717, 1.165) is 4.68 Å². The molecule has 1 unspecified atom stereocenters. The molecule has 3 N–H and O–H groups in total.